The fourth-order valence-electron chi connectivity index (χ4n) is 1.92. The van der Waals surface area contributed by atoms with Gasteiger partial charge in [0.05, 0.1) is 5.56 Å². The van der Waals surface area contributed by atoms with Gasteiger partial charge < -0.3 is 15.5 Å². The van der Waals surface area contributed by atoms with Crippen molar-refractivity contribution in [3.63, 3.8) is 0 Å². The number of benzene rings is 2. The molecule has 22 heavy (non-hydrogen) atoms. The van der Waals surface area contributed by atoms with Crippen LogP contribution < -0.4 is 11.1 Å². The van der Waals surface area contributed by atoms with E-state index in [2.05, 4.69) is 10.3 Å². The van der Waals surface area contributed by atoms with E-state index in [4.69, 9.17) is 21.8 Å². The molecule has 3 N–H and O–H groups in total. The molecular formula is C16H12ClN3O2. The summed E-state index contributed by atoms with van der Waals surface area (Å²) in [5, 5.41) is 3.31. The molecule has 1 amide bonds. The number of nitrogen functional groups attached to an aromatic ring is 1. The van der Waals surface area contributed by atoms with Crippen molar-refractivity contribution in [3.05, 3.63) is 65.5 Å². The van der Waals surface area contributed by atoms with E-state index >= 15 is 0 Å². The van der Waals surface area contributed by atoms with Crippen LogP contribution in [0.15, 0.2) is 59.2 Å². The van der Waals surface area contributed by atoms with Crippen LogP contribution >= 0.6 is 11.6 Å². The fraction of sp³-hybridized carbons (Fsp3) is 0. The van der Waals surface area contributed by atoms with Crippen molar-refractivity contribution in [1.82, 2.24) is 4.98 Å². The standard InChI is InChI=1S/C16H12ClN3O2/c17-10-5-7-11(8-6-10)19-15(21)14-9-22-16(20-14)12-3-1-2-4-13(12)18/h1-9H,18H2,(H,19,21). The number of anilines is 2. The van der Waals surface area contributed by atoms with E-state index in [9.17, 15) is 4.79 Å². The Hall–Kier alpha value is -2.79. The SMILES string of the molecule is Nc1ccccc1-c1nc(C(=O)Nc2ccc(Cl)cc2)co1. The number of nitrogens with two attached hydrogens (primary N) is 1. The van der Waals surface area contributed by atoms with Crippen molar-refractivity contribution < 1.29 is 9.21 Å². The molecular weight excluding hydrogens is 302 g/mol. The van der Waals surface area contributed by atoms with Crippen molar-refractivity contribution in [1.29, 1.82) is 0 Å². The minimum atomic E-state index is -0.369. The Labute approximate surface area is 131 Å². The lowest BCUT2D eigenvalue weighted by atomic mass is 10.2. The number of oxazole rings is 1. The van der Waals surface area contributed by atoms with Crippen molar-refractivity contribution >= 4 is 28.9 Å². The second kappa shape index (κ2) is 5.91. The molecule has 0 aliphatic rings. The molecule has 0 unspecified atom stereocenters. The van der Waals surface area contributed by atoms with Gasteiger partial charge in [0.25, 0.3) is 5.91 Å². The molecule has 0 fully saturated rings. The van der Waals surface area contributed by atoms with Gasteiger partial charge in [-0.15, -0.1) is 0 Å². The highest BCUT2D eigenvalue weighted by molar-refractivity contribution is 6.30. The number of carbonyl (C=O) groups excluding carboxylic acids is 1. The predicted octanol–water partition coefficient (Wildman–Crippen LogP) is 3.83. The average molecular weight is 314 g/mol. The average Bonchev–Trinajstić information content (AvgIpc) is 3.00. The lowest BCUT2D eigenvalue weighted by Gasteiger charge is -2.02. The maximum absolute atomic E-state index is 12.1. The summed E-state index contributed by atoms with van der Waals surface area (Å²) in [6.07, 6.45) is 1.30. The van der Waals surface area contributed by atoms with Crippen molar-refractivity contribution in [2.45, 2.75) is 0 Å². The highest BCUT2D eigenvalue weighted by Crippen LogP contribution is 2.24. The zero-order chi connectivity index (χ0) is 15.5. The molecule has 2 aromatic carbocycles. The molecule has 0 radical (unpaired) electrons. The summed E-state index contributed by atoms with van der Waals surface area (Å²) in [5.41, 5.74) is 7.84. The summed E-state index contributed by atoms with van der Waals surface area (Å²) in [4.78, 5) is 16.3. The maximum Gasteiger partial charge on any atom is 0.277 e. The number of hydrogen-bond acceptors (Lipinski definition) is 4. The summed E-state index contributed by atoms with van der Waals surface area (Å²) in [6, 6.07) is 14.0. The normalized spacial score (nSPS) is 10.4. The molecule has 0 spiro atoms. The van der Waals surface area contributed by atoms with Crippen LogP contribution in [0.25, 0.3) is 11.5 Å². The molecule has 0 saturated carbocycles. The Kier molecular flexibility index (Phi) is 3.80. The van der Waals surface area contributed by atoms with Gasteiger partial charge >= 0.3 is 0 Å². The first kappa shape index (κ1) is 14.2. The van der Waals surface area contributed by atoms with E-state index in [1.54, 1.807) is 36.4 Å². The van der Waals surface area contributed by atoms with Crippen LogP contribution in [0.2, 0.25) is 5.02 Å². The zero-order valence-electron chi connectivity index (χ0n) is 11.4. The van der Waals surface area contributed by atoms with Gasteiger partial charge in [0, 0.05) is 16.4 Å². The van der Waals surface area contributed by atoms with Gasteiger partial charge in [-0.05, 0) is 36.4 Å². The molecule has 1 heterocycles. The van der Waals surface area contributed by atoms with Gasteiger partial charge in [-0.1, -0.05) is 23.7 Å². The summed E-state index contributed by atoms with van der Waals surface area (Å²) in [5.74, 6) is -0.0637. The van der Waals surface area contributed by atoms with Crippen LogP contribution in [0.1, 0.15) is 10.5 Å². The number of carbonyl (C=O) groups is 1. The molecule has 0 atom stereocenters. The van der Waals surface area contributed by atoms with Gasteiger partial charge in [0.15, 0.2) is 5.69 Å². The van der Waals surface area contributed by atoms with Crippen LogP contribution in [0.3, 0.4) is 0 Å². The predicted molar refractivity (Wildman–Crippen MR) is 85.8 cm³/mol. The second-order valence-corrected chi connectivity index (χ2v) is 5.02. The summed E-state index contributed by atoms with van der Waals surface area (Å²) in [6.45, 7) is 0. The maximum atomic E-state index is 12.1. The molecule has 3 rings (SSSR count). The van der Waals surface area contributed by atoms with Gasteiger partial charge in [-0.3, -0.25) is 4.79 Å². The third-order valence-corrected chi connectivity index (χ3v) is 3.28. The third kappa shape index (κ3) is 2.94. The summed E-state index contributed by atoms with van der Waals surface area (Å²) in [7, 11) is 0. The largest absolute Gasteiger partial charge is 0.444 e. The van der Waals surface area contributed by atoms with Crippen molar-refractivity contribution in [2.75, 3.05) is 11.1 Å². The molecule has 5 nitrogen and oxygen atoms in total. The molecule has 1 aromatic heterocycles. The van der Waals surface area contributed by atoms with E-state index in [1.165, 1.54) is 6.26 Å². The van der Waals surface area contributed by atoms with Crippen LogP contribution in [0, 0.1) is 0 Å². The van der Waals surface area contributed by atoms with E-state index in [0.717, 1.165) is 0 Å². The van der Waals surface area contributed by atoms with E-state index in [-0.39, 0.29) is 11.6 Å². The van der Waals surface area contributed by atoms with Crippen LogP contribution in [-0.2, 0) is 0 Å². The number of hydrogen-bond donors (Lipinski definition) is 2. The molecule has 110 valence electrons. The number of amides is 1. The lowest BCUT2D eigenvalue weighted by molar-refractivity contribution is 0.102. The Morgan fingerprint density at radius 1 is 1.14 bits per heavy atom. The first-order valence-electron chi connectivity index (χ1n) is 6.51. The second-order valence-electron chi connectivity index (χ2n) is 4.59. The van der Waals surface area contributed by atoms with Gasteiger partial charge in [0.2, 0.25) is 5.89 Å². The quantitative estimate of drug-likeness (QED) is 0.720. The first-order chi connectivity index (χ1) is 10.6. The van der Waals surface area contributed by atoms with E-state index in [1.807, 2.05) is 12.1 Å². The number of nitrogens with one attached hydrogen (secondary N) is 1. The minimum Gasteiger partial charge on any atom is -0.444 e. The summed E-state index contributed by atoms with van der Waals surface area (Å²) >= 11 is 5.80. The van der Waals surface area contributed by atoms with Gasteiger partial charge in [0.1, 0.15) is 6.26 Å². The van der Waals surface area contributed by atoms with Crippen LogP contribution in [0.4, 0.5) is 11.4 Å². The highest BCUT2D eigenvalue weighted by Gasteiger charge is 2.15. The topological polar surface area (TPSA) is 81.1 Å². The first-order valence-corrected chi connectivity index (χ1v) is 6.88. The monoisotopic (exact) mass is 313 g/mol. The molecule has 3 aromatic rings. The lowest BCUT2D eigenvalue weighted by Crippen LogP contribution is -2.12. The van der Waals surface area contributed by atoms with E-state index < -0.39 is 0 Å². The Balaban J connectivity index is 1.80. The number of rotatable bonds is 3. The molecule has 0 aliphatic heterocycles. The van der Waals surface area contributed by atoms with Gasteiger partial charge in [-0.25, -0.2) is 4.98 Å². The van der Waals surface area contributed by atoms with Gasteiger partial charge in [-0.2, -0.15) is 0 Å². The molecule has 6 heteroatoms. The minimum absolute atomic E-state index is 0.174. The van der Waals surface area contributed by atoms with Crippen LogP contribution in [-0.4, -0.2) is 10.9 Å². The summed E-state index contributed by atoms with van der Waals surface area (Å²) < 4.78 is 5.34. The number of aromatic nitrogens is 1. The number of nitrogens with zero attached hydrogens (tertiary/aromatic N) is 1. The zero-order valence-corrected chi connectivity index (χ0v) is 12.2. The fourth-order valence-corrected chi connectivity index (χ4v) is 2.05. The Bertz CT molecular complexity index is 812. The third-order valence-electron chi connectivity index (χ3n) is 3.03. The van der Waals surface area contributed by atoms with Crippen molar-refractivity contribution in [2.24, 2.45) is 0 Å². The number of para-hydroxylation sites is 1. The van der Waals surface area contributed by atoms with Crippen LogP contribution in [0.5, 0.6) is 0 Å². The van der Waals surface area contributed by atoms with E-state index in [0.29, 0.717) is 27.9 Å². The number of halogens is 1. The van der Waals surface area contributed by atoms with Crippen molar-refractivity contribution in [3.8, 4) is 11.5 Å². The highest BCUT2D eigenvalue weighted by atomic mass is 35.5. The molecule has 0 saturated heterocycles. The molecule has 0 bridgehead atoms. The smallest absolute Gasteiger partial charge is 0.277 e. The molecule has 0 aliphatic carbocycles. The Morgan fingerprint density at radius 2 is 1.86 bits per heavy atom. The Morgan fingerprint density at radius 3 is 2.59 bits per heavy atom.